The van der Waals surface area contributed by atoms with Gasteiger partial charge >= 0.3 is 12.5 Å². The second-order valence-electron chi connectivity index (χ2n) is 17.7. The molecule has 0 radical (unpaired) electrons. The maximum absolute atomic E-state index is 13.7. The zero-order valence-corrected chi connectivity index (χ0v) is 35.9. The van der Waals surface area contributed by atoms with Crippen molar-refractivity contribution in [2.45, 2.75) is 78.9 Å². The molecule has 1 saturated carbocycles. The summed E-state index contributed by atoms with van der Waals surface area (Å²) in [6, 6.07) is 13.0. The minimum Gasteiger partial charge on any atom is -0.453 e. The third kappa shape index (κ3) is 9.66. The van der Waals surface area contributed by atoms with Crippen LogP contribution in [-0.2, 0) is 14.3 Å². The van der Waals surface area contributed by atoms with Crippen LogP contribution in [0.15, 0.2) is 67.0 Å². The first kappa shape index (κ1) is 43.9. The van der Waals surface area contributed by atoms with E-state index in [9.17, 15) is 32.3 Å². The summed E-state index contributed by atoms with van der Waals surface area (Å²) in [5.74, 6) is 0.0868. The van der Waals surface area contributed by atoms with E-state index < -0.39 is 30.2 Å². The monoisotopic (exact) mass is 858 g/mol. The first-order chi connectivity index (χ1) is 29.3. The van der Waals surface area contributed by atoms with Crippen LogP contribution in [0.1, 0.15) is 76.6 Å². The van der Waals surface area contributed by atoms with Crippen molar-refractivity contribution < 1.29 is 41.8 Å². The number of rotatable bonds is 11. The van der Waals surface area contributed by atoms with Gasteiger partial charge in [0, 0.05) is 49.3 Å². The number of anilines is 2. The lowest BCUT2D eigenvalue weighted by molar-refractivity contribution is -0.274. The summed E-state index contributed by atoms with van der Waals surface area (Å²) in [6.07, 6.45) is -1.03. The number of benzene rings is 2. The van der Waals surface area contributed by atoms with Crippen molar-refractivity contribution in [1.29, 1.82) is 0 Å². The van der Waals surface area contributed by atoms with E-state index in [-0.39, 0.29) is 58.2 Å². The van der Waals surface area contributed by atoms with Gasteiger partial charge in [-0.2, -0.15) is 0 Å². The van der Waals surface area contributed by atoms with Crippen molar-refractivity contribution in [1.82, 2.24) is 30.1 Å². The fourth-order valence-corrected chi connectivity index (χ4v) is 8.46. The maximum atomic E-state index is 13.7. The molecule has 2 saturated heterocycles. The second kappa shape index (κ2) is 17.3. The molecule has 5 atom stereocenters. The Morgan fingerprint density at radius 2 is 1.65 bits per heavy atom. The van der Waals surface area contributed by atoms with Gasteiger partial charge in [-0.15, -0.1) is 13.2 Å². The molecule has 7 rings (SSSR count). The predicted molar refractivity (Wildman–Crippen MR) is 226 cm³/mol. The summed E-state index contributed by atoms with van der Waals surface area (Å²) < 4.78 is 50.4. The van der Waals surface area contributed by atoms with E-state index in [0.717, 1.165) is 12.5 Å². The molecular formula is C45H53F3N8O6. The van der Waals surface area contributed by atoms with Gasteiger partial charge in [-0.05, 0) is 78.5 Å². The molecule has 0 spiro atoms. The van der Waals surface area contributed by atoms with E-state index in [1.165, 1.54) is 25.4 Å². The van der Waals surface area contributed by atoms with Gasteiger partial charge in [-0.1, -0.05) is 58.9 Å². The minimum atomic E-state index is -5.03. The van der Waals surface area contributed by atoms with E-state index in [1.807, 2.05) is 32.6 Å². The fourth-order valence-electron chi connectivity index (χ4n) is 8.46. The average Bonchev–Trinajstić information content (AvgIpc) is 3.50. The number of imidazole rings is 1. The smallest absolute Gasteiger partial charge is 0.453 e. The number of nitrogens with one attached hydrogen (secondary N) is 3. The maximum Gasteiger partial charge on any atom is 0.573 e. The third-order valence-corrected chi connectivity index (χ3v) is 12.1. The number of hydrogen-bond donors (Lipinski definition) is 3. The molecule has 4 aromatic rings. The van der Waals surface area contributed by atoms with Crippen LogP contribution in [0.25, 0.3) is 22.4 Å². The Hall–Kier alpha value is -6.13. The average molecular weight is 859 g/mol. The molecule has 3 fully saturated rings. The van der Waals surface area contributed by atoms with Crippen LogP contribution in [0.4, 0.5) is 29.5 Å². The van der Waals surface area contributed by atoms with Crippen LogP contribution < -0.4 is 20.3 Å². The highest BCUT2D eigenvalue weighted by atomic mass is 19.4. The number of nitrogens with zero attached hydrogens (tertiary/aromatic N) is 5. The Kier molecular flexibility index (Phi) is 12.3. The number of aromatic nitrogens is 3. The van der Waals surface area contributed by atoms with E-state index in [2.05, 4.69) is 49.1 Å². The van der Waals surface area contributed by atoms with Gasteiger partial charge in [-0.25, -0.2) is 14.8 Å². The lowest BCUT2D eigenvalue weighted by atomic mass is 10.00. The number of methoxy groups -OCH3 is 1. The number of ether oxygens (including phenoxy) is 2. The number of piperazine rings is 1. The van der Waals surface area contributed by atoms with Crippen molar-refractivity contribution >= 4 is 35.3 Å². The van der Waals surface area contributed by atoms with Gasteiger partial charge in [0.15, 0.2) is 0 Å². The van der Waals surface area contributed by atoms with E-state index in [4.69, 9.17) is 4.74 Å². The Morgan fingerprint density at radius 1 is 0.935 bits per heavy atom. The molecule has 2 aliphatic heterocycles. The molecule has 4 amide bonds. The summed E-state index contributed by atoms with van der Waals surface area (Å²) in [6.45, 7) is 14.3. The number of likely N-dealkylation sites (tertiary alicyclic amines) is 1. The van der Waals surface area contributed by atoms with E-state index >= 15 is 0 Å². The highest BCUT2D eigenvalue weighted by Gasteiger charge is 2.52. The van der Waals surface area contributed by atoms with Crippen molar-refractivity contribution in [3.63, 3.8) is 0 Å². The second-order valence-corrected chi connectivity index (χ2v) is 17.7. The SMILES string of the molecule is COC(=O)NC(C(=O)N1CC(C)CC1c1ncc(-c2ccc(-c3ccc(C(=O)Nc4ccc(N5CCN(C(=O)C6CC6(C)C)CC5C)nc4)cc3OC(F)(F)F)cc2)[nH]1)C(C)C. The highest BCUT2D eigenvalue weighted by molar-refractivity contribution is 6.05. The normalized spacial score (nSPS) is 21.4. The number of pyridine rings is 1. The molecule has 1 aliphatic carbocycles. The van der Waals surface area contributed by atoms with Gasteiger partial charge in [0.2, 0.25) is 11.8 Å². The first-order valence-electron chi connectivity index (χ1n) is 20.8. The number of alkyl carbamates (subject to hydrolysis) is 1. The van der Waals surface area contributed by atoms with E-state index in [1.54, 1.807) is 47.5 Å². The molecule has 2 aromatic carbocycles. The van der Waals surface area contributed by atoms with Crippen LogP contribution >= 0.6 is 0 Å². The molecule has 5 unspecified atom stereocenters. The summed E-state index contributed by atoms with van der Waals surface area (Å²) >= 11 is 0. The molecule has 0 bridgehead atoms. The van der Waals surface area contributed by atoms with Crippen LogP contribution in [0.2, 0.25) is 0 Å². The number of hydrogen-bond acceptors (Lipinski definition) is 9. The topological polar surface area (TPSA) is 162 Å². The van der Waals surface area contributed by atoms with Crippen LogP contribution in [0.5, 0.6) is 5.75 Å². The summed E-state index contributed by atoms with van der Waals surface area (Å²) in [7, 11) is 1.24. The van der Waals surface area contributed by atoms with Crippen molar-refractivity contribution in [3.8, 4) is 28.1 Å². The van der Waals surface area contributed by atoms with Crippen molar-refractivity contribution in [2.75, 3.05) is 43.5 Å². The lowest BCUT2D eigenvalue weighted by Gasteiger charge is -2.41. The summed E-state index contributed by atoms with van der Waals surface area (Å²) in [5.41, 5.74) is 2.22. The van der Waals surface area contributed by atoms with Crippen LogP contribution in [0, 0.1) is 23.2 Å². The predicted octanol–water partition coefficient (Wildman–Crippen LogP) is 7.66. The van der Waals surface area contributed by atoms with Gasteiger partial charge in [0.1, 0.15) is 23.4 Å². The van der Waals surface area contributed by atoms with Crippen LogP contribution in [0.3, 0.4) is 0 Å². The van der Waals surface area contributed by atoms with Gasteiger partial charge in [-0.3, -0.25) is 14.4 Å². The van der Waals surface area contributed by atoms with E-state index in [0.29, 0.717) is 66.8 Å². The highest BCUT2D eigenvalue weighted by Crippen LogP contribution is 2.52. The number of aromatic amines is 1. The fraction of sp³-hybridized carbons (Fsp3) is 0.467. The van der Waals surface area contributed by atoms with Crippen molar-refractivity contribution in [2.24, 2.45) is 23.2 Å². The lowest BCUT2D eigenvalue weighted by Crippen LogP contribution is -2.54. The number of alkyl halides is 3. The largest absolute Gasteiger partial charge is 0.573 e. The minimum absolute atomic E-state index is 0.0288. The molecule has 2 aromatic heterocycles. The molecule has 4 heterocycles. The summed E-state index contributed by atoms with van der Waals surface area (Å²) in [4.78, 5) is 70.2. The standard InChI is InChI=1S/C45H53F3N8O6/c1-25(2)38(53-43(60)61-7)42(59)56-23-26(3)18-35(56)39-50-22-34(52-39)29-10-8-28(9-11-29)32-14-12-30(19-36(32)62-45(46,47)48)40(57)51-31-13-15-37(49-21-31)55-17-16-54(24-27(55)4)41(58)33-20-44(33,5)6/h8-15,19,21-22,25-27,33,35,38H,16-18,20,23-24H2,1-7H3,(H,50,52)(H,51,57)(H,53,60). The number of amides is 4. The van der Waals surface area contributed by atoms with Gasteiger partial charge < -0.3 is 39.8 Å². The Bertz CT molecular complexity index is 2300. The molecule has 3 aliphatic rings. The Labute approximate surface area is 358 Å². The number of halogens is 3. The molecular weight excluding hydrogens is 806 g/mol. The number of carbonyl (C=O) groups is 4. The number of carbonyl (C=O) groups excluding carboxylic acids is 4. The molecule has 62 heavy (non-hydrogen) atoms. The molecule has 17 heteroatoms. The van der Waals surface area contributed by atoms with Crippen molar-refractivity contribution in [3.05, 3.63) is 78.4 Å². The molecule has 3 N–H and O–H groups in total. The van der Waals surface area contributed by atoms with Gasteiger partial charge in [0.25, 0.3) is 5.91 Å². The summed E-state index contributed by atoms with van der Waals surface area (Å²) in [5, 5.41) is 5.36. The first-order valence-corrected chi connectivity index (χ1v) is 20.8. The third-order valence-electron chi connectivity index (χ3n) is 12.1. The number of H-pyrrole nitrogens is 1. The molecule has 330 valence electrons. The Morgan fingerprint density at radius 3 is 2.26 bits per heavy atom. The Balaban J connectivity index is 1.02. The van der Waals surface area contributed by atoms with Crippen LogP contribution in [-0.4, -0.2) is 100 Å². The zero-order valence-electron chi connectivity index (χ0n) is 35.9. The zero-order chi connectivity index (χ0) is 44.7. The van der Waals surface area contributed by atoms with Gasteiger partial charge in [0.05, 0.1) is 36.9 Å². The quantitative estimate of drug-likeness (QED) is 0.138. The molecule has 14 nitrogen and oxygen atoms in total.